The highest BCUT2D eigenvalue weighted by Crippen LogP contribution is 2.28. The smallest absolute Gasteiger partial charge is 0.409 e. The van der Waals surface area contributed by atoms with Gasteiger partial charge in [0.25, 0.3) is 11.8 Å². The van der Waals surface area contributed by atoms with E-state index in [1.165, 1.54) is 6.07 Å². The lowest BCUT2D eigenvalue weighted by Gasteiger charge is -2.36. The monoisotopic (exact) mass is 792 g/mol. The van der Waals surface area contributed by atoms with Gasteiger partial charge in [0, 0.05) is 69.2 Å². The van der Waals surface area contributed by atoms with Crippen molar-refractivity contribution in [3.05, 3.63) is 35.5 Å². The first-order chi connectivity index (χ1) is 27.6. The molecule has 16 nitrogen and oxygen atoms in total. The Kier molecular flexibility index (Phi) is 14.6. The van der Waals surface area contributed by atoms with Gasteiger partial charge in [0.2, 0.25) is 11.8 Å². The van der Waals surface area contributed by atoms with E-state index in [1.54, 1.807) is 26.8 Å². The molecule has 4 heterocycles. The molecule has 16 heteroatoms. The van der Waals surface area contributed by atoms with Crippen molar-refractivity contribution in [2.45, 2.75) is 96.2 Å². The van der Waals surface area contributed by atoms with Crippen LogP contribution in [0.15, 0.2) is 24.3 Å². The zero-order chi connectivity index (χ0) is 40.3. The van der Waals surface area contributed by atoms with Crippen LogP contribution in [0.4, 0.5) is 4.79 Å². The summed E-state index contributed by atoms with van der Waals surface area (Å²) in [5.74, 6) is -1.67. The van der Waals surface area contributed by atoms with Crippen molar-refractivity contribution in [2.75, 3.05) is 65.8 Å². The zero-order valence-corrected chi connectivity index (χ0v) is 33.1. The average molecular weight is 793 g/mol. The Morgan fingerprint density at radius 3 is 2.46 bits per heavy atom. The minimum atomic E-state index is -1.11. The summed E-state index contributed by atoms with van der Waals surface area (Å²) < 4.78 is 22.3. The van der Waals surface area contributed by atoms with Gasteiger partial charge < -0.3 is 44.3 Å². The summed E-state index contributed by atoms with van der Waals surface area (Å²) in [4.78, 5) is 89.1. The topological polar surface area (TPSA) is 186 Å². The standard InChI is InChI=1S/C41H56N6O10/c1-3-4-20-55-41(53)46-18-16-45(17-19-46)40(52)31(12-13-37(49)57-25-28-14-21-54-24-28)44-38(50)33-23-35(30-11-10-27(2)22-32(30)43-33)56-26-36(48)47-15-6-9-34(47)39(51)42-29-7-5-8-29/h10-11,22-23,28-29,31,34H,3-9,12-21,24-26H2,1-2H3,(H,42,51)(H,44,50)/t28?,31-,34-/m0/s1. The molecule has 4 fully saturated rings. The second-order valence-corrected chi connectivity index (χ2v) is 15.5. The number of esters is 1. The van der Waals surface area contributed by atoms with Crippen molar-refractivity contribution in [3.8, 4) is 5.75 Å². The van der Waals surface area contributed by atoms with Gasteiger partial charge in [0.1, 0.15) is 23.5 Å². The second-order valence-electron chi connectivity index (χ2n) is 15.5. The molecule has 3 aliphatic heterocycles. The molecule has 0 bridgehead atoms. The summed E-state index contributed by atoms with van der Waals surface area (Å²) in [6.07, 6.45) is 6.17. The van der Waals surface area contributed by atoms with Crippen molar-refractivity contribution >= 4 is 46.6 Å². The number of likely N-dealkylation sites (tertiary alicyclic amines) is 1. The van der Waals surface area contributed by atoms with Gasteiger partial charge in [-0.15, -0.1) is 0 Å². The van der Waals surface area contributed by atoms with E-state index < -0.39 is 36.0 Å². The Bertz CT molecular complexity index is 1770. The normalized spacial score (nSPS) is 20.1. The molecular formula is C41H56N6O10. The lowest BCUT2D eigenvalue weighted by Crippen LogP contribution is -2.56. The number of amides is 5. The van der Waals surface area contributed by atoms with Crippen LogP contribution in [0, 0.1) is 12.8 Å². The van der Waals surface area contributed by atoms with Gasteiger partial charge in [-0.25, -0.2) is 9.78 Å². The number of nitrogens with one attached hydrogen (secondary N) is 2. The van der Waals surface area contributed by atoms with Crippen molar-refractivity contribution in [1.82, 2.24) is 30.3 Å². The Morgan fingerprint density at radius 2 is 1.74 bits per heavy atom. The van der Waals surface area contributed by atoms with E-state index in [0.717, 1.165) is 44.1 Å². The van der Waals surface area contributed by atoms with Crippen LogP contribution in [0.25, 0.3) is 10.9 Å². The fourth-order valence-corrected chi connectivity index (χ4v) is 7.43. The summed E-state index contributed by atoms with van der Waals surface area (Å²) >= 11 is 0. The molecule has 1 aliphatic carbocycles. The van der Waals surface area contributed by atoms with E-state index in [1.807, 2.05) is 19.9 Å². The number of benzene rings is 1. The minimum Gasteiger partial charge on any atom is -0.483 e. The first-order valence-corrected chi connectivity index (χ1v) is 20.5. The number of carbonyl (C=O) groups is 6. The maximum Gasteiger partial charge on any atom is 0.409 e. The third-order valence-corrected chi connectivity index (χ3v) is 11.2. The first kappa shape index (κ1) is 41.6. The van der Waals surface area contributed by atoms with Crippen molar-refractivity contribution in [1.29, 1.82) is 0 Å². The molecule has 0 radical (unpaired) electrons. The Labute approximate surface area is 333 Å². The molecule has 1 aromatic carbocycles. The fourth-order valence-electron chi connectivity index (χ4n) is 7.43. The molecule has 57 heavy (non-hydrogen) atoms. The van der Waals surface area contributed by atoms with Gasteiger partial charge in [-0.1, -0.05) is 19.4 Å². The average Bonchev–Trinajstić information content (AvgIpc) is 3.92. The zero-order valence-electron chi connectivity index (χ0n) is 33.1. The SMILES string of the molecule is CCCCOC(=O)N1CCN(C(=O)[C@H](CCC(=O)OCC2CCOC2)NC(=O)c2cc(OCC(=O)N3CCC[C@H]3C(=O)NC3CCC3)c3ccc(C)cc3n2)CC1. The van der Waals surface area contributed by atoms with Crippen molar-refractivity contribution < 1.29 is 47.7 Å². The fraction of sp³-hybridized carbons (Fsp3) is 0.634. The molecule has 3 saturated heterocycles. The number of aryl methyl sites for hydroxylation is 1. The molecule has 1 saturated carbocycles. The van der Waals surface area contributed by atoms with Crippen LogP contribution >= 0.6 is 0 Å². The highest BCUT2D eigenvalue weighted by molar-refractivity contribution is 5.99. The number of carbonyl (C=O) groups excluding carboxylic acids is 6. The number of pyridine rings is 1. The molecule has 310 valence electrons. The number of fused-ring (bicyclic) bond motifs is 1. The lowest BCUT2D eigenvalue weighted by molar-refractivity contribution is -0.145. The number of hydrogen-bond acceptors (Lipinski definition) is 11. The van der Waals surface area contributed by atoms with E-state index in [0.29, 0.717) is 50.1 Å². The van der Waals surface area contributed by atoms with Crippen LogP contribution in [0.2, 0.25) is 0 Å². The molecule has 1 aromatic heterocycles. The Balaban J connectivity index is 1.14. The maximum absolute atomic E-state index is 14.0. The molecule has 4 aliphatic rings. The molecule has 2 aromatic rings. The minimum absolute atomic E-state index is 0.0281. The van der Waals surface area contributed by atoms with Crippen molar-refractivity contribution in [3.63, 3.8) is 0 Å². The van der Waals surface area contributed by atoms with Crippen molar-refractivity contribution in [2.24, 2.45) is 5.92 Å². The number of aromatic nitrogens is 1. The predicted octanol–water partition coefficient (Wildman–Crippen LogP) is 3.12. The number of rotatable bonds is 16. The van der Waals surface area contributed by atoms with Crippen LogP contribution in [0.1, 0.15) is 87.2 Å². The van der Waals surface area contributed by atoms with Crippen LogP contribution in [-0.2, 0) is 33.4 Å². The highest BCUT2D eigenvalue weighted by Gasteiger charge is 2.36. The quantitative estimate of drug-likeness (QED) is 0.188. The first-order valence-electron chi connectivity index (χ1n) is 20.5. The summed E-state index contributed by atoms with van der Waals surface area (Å²) in [5, 5.41) is 6.45. The third-order valence-electron chi connectivity index (χ3n) is 11.2. The van der Waals surface area contributed by atoms with E-state index in [4.69, 9.17) is 18.9 Å². The molecule has 2 N–H and O–H groups in total. The Hall–Kier alpha value is -4.99. The molecule has 0 spiro atoms. The van der Waals surface area contributed by atoms with Crippen LogP contribution in [0.5, 0.6) is 5.75 Å². The number of ether oxygens (including phenoxy) is 4. The van der Waals surface area contributed by atoms with E-state index in [9.17, 15) is 28.8 Å². The molecular weight excluding hydrogens is 736 g/mol. The summed E-state index contributed by atoms with van der Waals surface area (Å²) in [5.41, 5.74) is 1.29. The Morgan fingerprint density at radius 1 is 0.947 bits per heavy atom. The third kappa shape index (κ3) is 11.1. The van der Waals surface area contributed by atoms with Crippen LogP contribution in [-0.4, -0.2) is 139 Å². The molecule has 5 amide bonds. The van der Waals surface area contributed by atoms with Crippen LogP contribution < -0.4 is 15.4 Å². The van der Waals surface area contributed by atoms with Crippen LogP contribution in [0.3, 0.4) is 0 Å². The number of hydrogen-bond donors (Lipinski definition) is 2. The lowest BCUT2D eigenvalue weighted by atomic mass is 9.93. The van der Waals surface area contributed by atoms with E-state index >= 15 is 0 Å². The van der Waals surface area contributed by atoms with Gasteiger partial charge in [-0.05, 0) is 76.0 Å². The summed E-state index contributed by atoms with van der Waals surface area (Å²) in [6, 6.07) is 5.42. The number of unbranched alkanes of at least 4 members (excludes halogenated alkanes) is 1. The summed E-state index contributed by atoms with van der Waals surface area (Å²) in [7, 11) is 0. The number of piperazine rings is 1. The van der Waals surface area contributed by atoms with Gasteiger partial charge in [0.05, 0.1) is 25.3 Å². The van der Waals surface area contributed by atoms with E-state index in [-0.39, 0.29) is 87.5 Å². The maximum atomic E-state index is 14.0. The van der Waals surface area contributed by atoms with E-state index in [2.05, 4.69) is 15.6 Å². The second kappa shape index (κ2) is 19.9. The predicted molar refractivity (Wildman–Crippen MR) is 207 cm³/mol. The largest absolute Gasteiger partial charge is 0.483 e. The highest BCUT2D eigenvalue weighted by atomic mass is 16.6. The molecule has 6 rings (SSSR count). The van der Waals surface area contributed by atoms with Gasteiger partial charge >= 0.3 is 12.1 Å². The number of nitrogens with zero attached hydrogens (tertiary/aromatic N) is 4. The van der Waals surface area contributed by atoms with Gasteiger partial charge in [0.15, 0.2) is 6.61 Å². The molecule has 3 atom stereocenters. The molecule has 1 unspecified atom stereocenters. The van der Waals surface area contributed by atoms with Gasteiger partial charge in [-0.3, -0.25) is 24.0 Å². The van der Waals surface area contributed by atoms with Gasteiger partial charge in [-0.2, -0.15) is 0 Å². The summed E-state index contributed by atoms with van der Waals surface area (Å²) in [6.45, 7) is 6.66.